The van der Waals surface area contributed by atoms with Crippen LogP contribution >= 0.6 is 0 Å². The minimum absolute atomic E-state index is 0.0196. The van der Waals surface area contributed by atoms with Crippen LogP contribution in [0.3, 0.4) is 0 Å². The number of hydrogen-bond acceptors (Lipinski definition) is 2. The van der Waals surface area contributed by atoms with Crippen molar-refractivity contribution < 1.29 is 9.53 Å². The fourth-order valence-electron chi connectivity index (χ4n) is 2.12. The van der Waals surface area contributed by atoms with Crippen molar-refractivity contribution >= 4 is 5.78 Å². The second-order valence-corrected chi connectivity index (χ2v) is 4.46. The maximum absolute atomic E-state index is 12.0. The van der Waals surface area contributed by atoms with E-state index < -0.39 is 0 Å². The van der Waals surface area contributed by atoms with Gasteiger partial charge < -0.3 is 4.74 Å². The highest BCUT2D eigenvalue weighted by Crippen LogP contribution is 2.22. The molecule has 0 spiro atoms. The molecule has 0 heterocycles. The third kappa shape index (κ3) is 3.76. The quantitative estimate of drug-likeness (QED) is 0.727. The van der Waals surface area contributed by atoms with Gasteiger partial charge in [-0.1, -0.05) is 60.7 Å². The molecule has 2 aromatic rings. The summed E-state index contributed by atoms with van der Waals surface area (Å²) in [6.45, 7) is 0. The van der Waals surface area contributed by atoms with Crippen molar-refractivity contribution in [3.05, 3.63) is 71.8 Å². The third-order valence-electron chi connectivity index (χ3n) is 3.19. The summed E-state index contributed by atoms with van der Waals surface area (Å²) in [5, 5.41) is 0. The lowest BCUT2D eigenvalue weighted by Crippen LogP contribution is -2.06. The number of carbonyl (C=O) groups excluding carboxylic acids is 1. The molecule has 1 atom stereocenters. The Morgan fingerprint density at radius 2 is 1.58 bits per heavy atom. The lowest BCUT2D eigenvalue weighted by molar-refractivity contribution is 0.0815. The zero-order valence-corrected chi connectivity index (χ0v) is 11.1. The fraction of sp³-hybridized carbons (Fsp3) is 0.235. The molecule has 0 amide bonds. The minimum Gasteiger partial charge on any atom is -0.377 e. The Morgan fingerprint density at radius 3 is 2.16 bits per heavy atom. The summed E-state index contributed by atoms with van der Waals surface area (Å²) in [6.07, 6.45) is 1.18. The second kappa shape index (κ2) is 6.86. The molecule has 19 heavy (non-hydrogen) atoms. The monoisotopic (exact) mass is 254 g/mol. The molecule has 2 aromatic carbocycles. The number of benzene rings is 2. The van der Waals surface area contributed by atoms with Crippen LogP contribution in [0.15, 0.2) is 60.7 Å². The van der Waals surface area contributed by atoms with Gasteiger partial charge >= 0.3 is 0 Å². The SMILES string of the molecule is CO[C@H](CCC(=O)c1ccccc1)c1ccccc1. The lowest BCUT2D eigenvalue weighted by atomic mass is 10.0. The molecular formula is C17H18O2. The molecule has 0 fully saturated rings. The fourth-order valence-corrected chi connectivity index (χ4v) is 2.12. The summed E-state index contributed by atoms with van der Waals surface area (Å²) in [5.74, 6) is 0.165. The summed E-state index contributed by atoms with van der Waals surface area (Å²) >= 11 is 0. The Morgan fingerprint density at radius 1 is 1.00 bits per heavy atom. The maximum atomic E-state index is 12.0. The van der Waals surface area contributed by atoms with Gasteiger partial charge in [0, 0.05) is 19.1 Å². The number of rotatable bonds is 6. The van der Waals surface area contributed by atoms with Crippen molar-refractivity contribution in [2.24, 2.45) is 0 Å². The summed E-state index contributed by atoms with van der Waals surface area (Å²) in [4.78, 5) is 12.0. The molecule has 2 heteroatoms. The molecule has 0 saturated heterocycles. The first-order valence-electron chi connectivity index (χ1n) is 6.47. The van der Waals surface area contributed by atoms with Crippen molar-refractivity contribution in [3.8, 4) is 0 Å². The van der Waals surface area contributed by atoms with Crippen LogP contribution in [0.4, 0.5) is 0 Å². The molecule has 0 aliphatic heterocycles. The van der Waals surface area contributed by atoms with Crippen LogP contribution in [-0.4, -0.2) is 12.9 Å². The van der Waals surface area contributed by atoms with E-state index in [1.807, 2.05) is 60.7 Å². The molecule has 0 aliphatic carbocycles. The normalized spacial score (nSPS) is 12.1. The molecule has 2 rings (SSSR count). The largest absolute Gasteiger partial charge is 0.377 e. The van der Waals surface area contributed by atoms with E-state index in [-0.39, 0.29) is 11.9 Å². The maximum Gasteiger partial charge on any atom is 0.162 e. The summed E-state index contributed by atoms with van der Waals surface area (Å²) in [5.41, 5.74) is 1.89. The average Bonchev–Trinajstić information content (AvgIpc) is 2.49. The highest BCUT2D eigenvalue weighted by molar-refractivity contribution is 5.95. The molecule has 0 aliphatic rings. The highest BCUT2D eigenvalue weighted by Gasteiger charge is 2.13. The van der Waals surface area contributed by atoms with Crippen molar-refractivity contribution in [2.75, 3.05) is 7.11 Å². The van der Waals surface area contributed by atoms with E-state index in [0.29, 0.717) is 12.8 Å². The predicted molar refractivity (Wildman–Crippen MR) is 76.2 cm³/mol. The second-order valence-electron chi connectivity index (χ2n) is 4.46. The van der Waals surface area contributed by atoms with E-state index in [4.69, 9.17) is 4.74 Å². The van der Waals surface area contributed by atoms with E-state index in [2.05, 4.69) is 0 Å². The molecule has 0 bridgehead atoms. The molecule has 0 N–H and O–H groups in total. The van der Waals surface area contributed by atoms with E-state index in [0.717, 1.165) is 11.1 Å². The van der Waals surface area contributed by atoms with Crippen LogP contribution in [-0.2, 0) is 4.74 Å². The molecule has 98 valence electrons. The Hall–Kier alpha value is -1.93. The van der Waals surface area contributed by atoms with E-state index in [1.165, 1.54) is 0 Å². The van der Waals surface area contributed by atoms with Gasteiger partial charge in [0.1, 0.15) is 0 Å². The number of carbonyl (C=O) groups is 1. The zero-order chi connectivity index (χ0) is 13.5. The smallest absolute Gasteiger partial charge is 0.162 e. The third-order valence-corrected chi connectivity index (χ3v) is 3.19. The van der Waals surface area contributed by atoms with Gasteiger partial charge in [-0.15, -0.1) is 0 Å². The van der Waals surface area contributed by atoms with Crippen molar-refractivity contribution in [3.63, 3.8) is 0 Å². The van der Waals surface area contributed by atoms with Crippen LogP contribution in [0.2, 0.25) is 0 Å². The molecule has 0 radical (unpaired) electrons. The molecule has 0 aromatic heterocycles. The average molecular weight is 254 g/mol. The van der Waals surface area contributed by atoms with Crippen LogP contribution in [0.25, 0.3) is 0 Å². The first-order valence-corrected chi connectivity index (χ1v) is 6.47. The van der Waals surface area contributed by atoms with Gasteiger partial charge in [-0.25, -0.2) is 0 Å². The van der Waals surface area contributed by atoms with Gasteiger partial charge in [-0.2, -0.15) is 0 Å². The van der Waals surface area contributed by atoms with Gasteiger partial charge in [0.15, 0.2) is 5.78 Å². The van der Waals surface area contributed by atoms with Crippen LogP contribution in [0.5, 0.6) is 0 Å². The number of ether oxygens (including phenoxy) is 1. The molecule has 2 nitrogen and oxygen atoms in total. The number of methoxy groups -OCH3 is 1. The first-order chi connectivity index (χ1) is 9.31. The van der Waals surface area contributed by atoms with Crippen LogP contribution in [0, 0.1) is 0 Å². The number of ketones is 1. The van der Waals surface area contributed by atoms with Crippen molar-refractivity contribution in [1.82, 2.24) is 0 Å². The zero-order valence-electron chi connectivity index (χ0n) is 11.1. The van der Waals surface area contributed by atoms with Gasteiger partial charge in [0.25, 0.3) is 0 Å². The van der Waals surface area contributed by atoms with Gasteiger partial charge in [-0.3, -0.25) is 4.79 Å². The number of Topliss-reactive ketones (excluding diaryl/α,β-unsaturated/α-hetero) is 1. The summed E-state index contributed by atoms with van der Waals surface area (Å²) in [7, 11) is 1.69. The Bertz CT molecular complexity index is 505. The Labute approximate surface area is 114 Å². The van der Waals surface area contributed by atoms with E-state index in [9.17, 15) is 4.79 Å². The van der Waals surface area contributed by atoms with Crippen LogP contribution < -0.4 is 0 Å². The summed E-state index contributed by atoms with van der Waals surface area (Å²) in [6, 6.07) is 19.4. The van der Waals surface area contributed by atoms with Crippen molar-refractivity contribution in [1.29, 1.82) is 0 Å². The standard InChI is InChI=1S/C17H18O2/c1-19-17(15-10-6-3-7-11-15)13-12-16(18)14-8-4-2-5-9-14/h2-11,17H,12-13H2,1H3/t17-/m1/s1. The first kappa shape index (κ1) is 13.5. The van der Waals surface area contributed by atoms with Crippen LogP contribution in [0.1, 0.15) is 34.9 Å². The van der Waals surface area contributed by atoms with Gasteiger partial charge in [-0.05, 0) is 12.0 Å². The molecule has 0 unspecified atom stereocenters. The van der Waals surface area contributed by atoms with E-state index >= 15 is 0 Å². The lowest BCUT2D eigenvalue weighted by Gasteiger charge is -2.15. The Balaban J connectivity index is 1.96. The predicted octanol–water partition coefficient (Wildman–Crippen LogP) is 4.04. The molecular weight excluding hydrogens is 236 g/mol. The minimum atomic E-state index is -0.0196. The van der Waals surface area contributed by atoms with E-state index in [1.54, 1.807) is 7.11 Å². The van der Waals surface area contributed by atoms with Crippen molar-refractivity contribution in [2.45, 2.75) is 18.9 Å². The topological polar surface area (TPSA) is 26.3 Å². The van der Waals surface area contributed by atoms with Gasteiger partial charge in [0.2, 0.25) is 0 Å². The summed E-state index contributed by atoms with van der Waals surface area (Å²) < 4.78 is 5.47. The Kier molecular flexibility index (Phi) is 4.87. The molecule has 0 saturated carbocycles. The van der Waals surface area contributed by atoms with Gasteiger partial charge in [0.05, 0.1) is 6.10 Å². The highest BCUT2D eigenvalue weighted by atomic mass is 16.5. The number of hydrogen-bond donors (Lipinski definition) is 0.